The molecule has 0 bridgehead atoms. The quantitative estimate of drug-likeness (QED) is 0.562. The average Bonchev–Trinajstić information content (AvgIpc) is 2.91. The van der Waals surface area contributed by atoms with Crippen LogP contribution in [0.5, 0.6) is 0 Å². The third-order valence-electron chi connectivity index (χ3n) is 3.01. The molecule has 114 valence electrons. The van der Waals surface area contributed by atoms with E-state index >= 15 is 0 Å². The van der Waals surface area contributed by atoms with Crippen LogP contribution in [0.4, 0.5) is 11.6 Å². The molecule has 0 aliphatic carbocycles. The Balaban J connectivity index is 2.19. The van der Waals surface area contributed by atoms with E-state index in [1.54, 1.807) is 12.4 Å². The Hall–Kier alpha value is -2.22. The summed E-state index contributed by atoms with van der Waals surface area (Å²) in [5, 5.41) is 11.2. The summed E-state index contributed by atoms with van der Waals surface area (Å²) in [6, 6.07) is 1.77. The van der Waals surface area contributed by atoms with Crippen LogP contribution in [0.15, 0.2) is 12.4 Å². The first kappa shape index (κ1) is 15.2. The van der Waals surface area contributed by atoms with Gasteiger partial charge in [0.15, 0.2) is 5.82 Å². The van der Waals surface area contributed by atoms with E-state index in [-0.39, 0.29) is 5.41 Å². The van der Waals surface area contributed by atoms with Gasteiger partial charge in [0.25, 0.3) is 0 Å². The molecule has 4 N–H and O–H groups in total. The van der Waals surface area contributed by atoms with Gasteiger partial charge in [-0.25, -0.2) is 15.8 Å². The van der Waals surface area contributed by atoms with Gasteiger partial charge in [0.2, 0.25) is 0 Å². The minimum Gasteiger partial charge on any atom is -0.363 e. The van der Waals surface area contributed by atoms with E-state index in [0.717, 1.165) is 18.2 Å². The van der Waals surface area contributed by atoms with Crippen LogP contribution in [0.1, 0.15) is 39.3 Å². The van der Waals surface area contributed by atoms with Crippen LogP contribution in [0, 0.1) is 0 Å². The molecule has 8 heteroatoms. The maximum absolute atomic E-state index is 5.47. The average molecular weight is 290 g/mol. The van der Waals surface area contributed by atoms with Gasteiger partial charge in [-0.05, 0) is 6.92 Å². The van der Waals surface area contributed by atoms with Crippen molar-refractivity contribution in [3.8, 4) is 0 Å². The topological polar surface area (TPSA) is 107 Å². The molecular weight excluding hydrogens is 268 g/mol. The molecule has 0 atom stereocenters. The molecule has 21 heavy (non-hydrogen) atoms. The molecule has 2 rings (SSSR count). The van der Waals surface area contributed by atoms with E-state index in [1.165, 1.54) is 0 Å². The third-order valence-corrected chi connectivity index (χ3v) is 3.01. The Kier molecular flexibility index (Phi) is 4.37. The fourth-order valence-electron chi connectivity index (χ4n) is 1.80. The second-order valence-corrected chi connectivity index (χ2v) is 5.74. The summed E-state index contributed by atoms with van der Waals surface area (Å²) in [4.78, 5) is 8.91. The molecule has 0 fully saturated rings. The van der Waals surface area contributed by atoms with Crippen molar-refractivity contribution in [3.05, 3.63) is 24.0 Å². The molecular formula is C13H22N8. The fraction of sp³-hybridized carbons (Fsp3) is 0.538. The molecule has 0 spiro atoms. The zero-order valence-electron chi connectivity index (χ0n) is 12.9. The lowest BCUT2D eigenvalue weighted by Gasteiger charge is -2.18. The molecule has 8 nitrogen and oxygen atoms in total. The molecule has 2 aromatic heterocycles. The molecule has 0 saturated carbocycles. The van der Waals surface area contributed by atoms with Crippen LogP contribution in [0.2, 0.25) is 0 Å². The van der Waals surface area contributed by atoms with Gasteiger partial charge in [-0.15, -0.1) is 10.2 Å². The van der Waals surface area contributed by atoms with Crippen molar-refractivity contribution in [2.75, 3.05) is 10.7 Å². The Bertz CT molecular complexity index is 598. The highest BCUT2D eigenvalue weighted by Gasteiger charge is 2.19. The molecule has 2 heterocycles. The van der Waals surface area contributed by atoms with Gasteiger partial charge in [0.1, 0.15) is 23.8 Å². The predicted molar refractivity (Wildman–Crippen MR) is 81.6 cm³/mol. The van der Waals surface area contributed by atoms with Crippen LogP contribution in [0.3, 0.4) is 0 Å². The lowest BCUT2D eigenvalue weighted by molar-refractivity contribution is 0.546. The van der Waals surface area contributed by atoms with Crippen LogP contribution in [0.25, 0.3) is 0 Å². The first-order valence-corrected chi connectivity index (χ1v) is 6.90. The van der Waals surface area contributed by atoms with E-state index < -0.39 is 0 Å². The van der Waals surface area contributed by atoms with Crippen molar-refractivity contribution >= 4 is 11.6 Å². The van der Waals surface area contributed by atoms with Crippen molar-refractivity contribution < 1.29 is 0 Å². The Labute approximate surface area is 124 Å². The lowest BCUT2D eigenvalue weighted by Crippen LogP contribution is -2.20. The number of hydrazine groups is 1. The SMILES string of the molecule is CCn1cnnc1CNc1cc(NN)nc(C(C)(C)C)n1. The number of rotatable bonds is 5. The summed E-state index contributed by atoms with van der Waals surface area (Å²) in [5.41, 5.74) is 2.41. The van der Waals surface area contributed by atoms with Crippen molar-refractivity contribution in [2.24, 2.45) is 5.84 Å². The van der Waals surface area contributed by atoms with Crippen LogP contribution in [-0.2, 0) is 18.5 Å². The Morgan fingerprint density at radius 2 is 1.95 bits per heavy atom. The van der Waals surface area contributed by atoms with E-state index in [9.17, 15) is 0 Å². The number of nitrogens with zero attached hydrogens (tertiary/aromatic N) is 5. The van der Waals surface area contributed by atoms with E-state index in [0.29, 0.717) is 18.2 Å². The van der Waals surface area contributed by atoms with Gasteiger partial charge < -0.3 is 15.3 Å². The van der Waals surface area contributed by atoms with Gasteiger partial charge in [-0.3, -0.25) is 0 Å². The number of nitrogens with one attached hydrogen (secondary N) is 2. The number of anilines is 2. The zero-order chi connectivity index (χ0) is 15.5. The van der Waals surface area contributed by atoms with Gasteiger partial charge in [-0.1, -0.05) is 20.8 Å². The summed E-state index contributed by atoms with van der Waals surface area (Å²) in [6.07, 6.45) is 1.71. The molecule has 0 aliphatic rings. The molecule has 0 aliphatic heterocycles. The van der Waals surface area contributed by atoms with Crippen LogP contribution < -0.4 is 16.6 Å². The highest BCUT2D eigenvalue weighted by molar-refractivity contribution is 5.47. The number of nitrogen functional groups attached to an aromatic ring is 1. The molecule has 0 aromatic carbocycles. The second kappa shape index (κ2) is 6.04. The summed E-state index contributed by atoms with van der Waals surface area (Å²) in [6.45, 7) is 9.58. The van der Waals surface area contributed by atoms with Gasteiger partial charge in [-0.2, -0.15) is 0 Å². The minimum atomic E-state index is -0.160. The van der Waals surface area contributed by atoms with E-state index in [2.05, 4.69) is 51.7 Å². The molecule has 0 amide bonds. The molecule has 2 aromatic rings. The molecule has 0 unspecified atom stereocenters. The van der Waals surface area contributed by atoms with Gasteiger partial charge in [0.05, 0.1) is 6.54 Å². The highest BCUT2D eigenvalue weighted by atomic mass is 15.3. The summed E-state index contributed by atoms with van der Waals surface area (Å²) in [7, 11) is 0. The van der Waals surface area contributed by atoms with Gasteiger partial charge >= 0.3 is 0 Å². The van der Waals surface area contributed by atoms with Crippen molar-refractivity contribution in [2.45, 2.75) is 46.2 Å². The minimum absolute atomic E-state index is 0.160. The lowest BCUT2D eigenvalue weighted by atomic mass is 9.96. The molecule has 0 saturated heterocycles. The van der Waals surface area contributed by atoms with Crippen LogP contribution >= 0.6 is 0 Å². The fourth-order valence-corrected chi connectivity index (χ4v) is 1.80. The Morgan fingerprint density at radius 1 is 1.24 bits per heavy atom. The number of hydrogen-bond donors (Lipinski definition) is 3. The smallest absolute Gasteiger partial charge is 0.152 e. The predicted octanol–water partition coefficient (Wildman–Crippen LogP) is 1.28. The molecule has 0 radical (unpaired) electrons. The largest absolute Gasteiger partial charge is 0.363 e. The van der Waals surface area contributed by atoms with E-state index in [1.807, 2.05) is 11.5 Å². The number of aromatic nitrogens is 5. The monoisotopic (exact) mass is 290 g/mol. The maximum atomic E-state index is 5.47. The standard InChI is InChI=1S/C13H22N8/c1-5-21-8-16-20-11(21)7-15-9-6-10(19-14)18-12(17-9)13(2,3)4/h6,8H,5,7,14H2,1-4H3,(H2,15,17,18,19). The van der Waals surface area contributed by atoms with Crippen molar-refractivity contribution in [3.63, 3.8) is 0 Å². The second-order valence-electron chi connectivity index (χ2n) is 5.74. The maximum Gasteiger partial charge on any atom is 0.152 e. The highest BCUT2D eigenvalue weighted by Crippen LogP contribution is 2.22. The third kappa shape index (κ3) is 3.66. The number of nitrogens with two attached hydrogens (primary N) is 1. The van der Waals surface area contributed by atoms with Crippen molar-refractivity contribution in [1.82, 2.24) is 24.7 Å². The normalized spacial score (nSPS) is 11.5. The summed E-state index contributed by atoms with van der Waals surface area (Å²) >= 11 is 0. The van der Waals surface area contributed by atoms with Gasteiger partial charge in [0, 0.05) is 18.0 Å². The van der Waals surface area contributed by atoms with Crippen LogP contribution in [-0.4, -0.2) is 24.7 Å². The van der Waals surface area contributed by atoms with Crippen molar-refractivity contribution in [1.29, 1.82) is 0 Å². The summed E-state index contributed by atoms with van der Waals surface area (Å²) in [5.74, 6) is 8.33. The first-order valence-electron chi connectivity index (χ1n) is 6.90. The zero-order valence-corrected chi connectivity index (χ0v) is 12.9. The number of aryl methyl sites for hydroxylation is 1. The Morgan fingerprint density at radius 3 is 2.57 bits per heavy atom. The summed E-state index contributed by atoms with van der Waals surface area (Å²) < 4.78 is 1.97. The first-order chi connectivity index (χ1) is 9.94. The van der Waals surface area contributed by atoms with E-state index in [4.69, 9.17) is 5.84 Å². The number of hydrogen-bond acceptors (Lipinski definition) is 7.